The summed E-state index contributed by atoms with van der Waals surface area (Å²) < 4.78 is 0. The third kappa shape index (κ3) is 6.25. The van der Waals surface area contributed by atoms with Crippen molar-refractivity contribution in [3.63, 3.8) is 0 Å². The van der Waals surface area contributed by atoms with Crippen molar-refractivity contribution < 1.29 is 29.4 Å². The molecule has 0 spiro atoms. The maximum absolute atomic E-state index is 12.5. The van der Waals surface area contributed by atoms with Crippen molar-refractivity contribution in [3.05, 3.63) is 33.2 Å². The lowest BCUT2D eigenvalue weighted by Crippen LogP contribution is -2.46. The Balaban J connectivity index is 1.50. The number of amidine groups is 1. The van der Waals surface area contributed by atoms with E-state index in [1.54, 1.807) is 12.1 Å². The van der Waals surface area contributed by atoms with Crippen LogP contribution in [-0.2, 0) is 20.8 Å². The number of carbonyl (C=O) groups excluding carboxylic acids is 2. The molecule has 1 unspecified atom stereocenters. The molecule has 0 saturated carbocycles. The van der Waals surface area contributed by atoms with Gasteiger partial charge in [-0.05, 0) is 56.7 Å². The highest BCUT2D eigenvalue weighted by Gasteiger charge is 2.31. The highest BCUT2D eigenvalue weighted by atomic mass is 32.1. The number of rotatable bonds is 11. The molecule has 2 aliphatic heterocycles. The summed E-state index contributed by atoms with van der Waals surface area (Å²) in [6, 6.07) is 0.489. The normalized spacial score (nSPS) is 17.9. The summed E-state index contributed by atoms with van der Waals surface area (Å²) in [5, 5.41) is 22.8. The van der Waals surface area contributed by atoms with Gasteiger partial charge in [-0.1, -0.05) is 0 Å². The Morgan fingerprint density at radius 2 is 1.97 bits per heavy atom. The summed E-state index contributed by atoms with van der Waals surface area (Å²) in [6.45, 7) is 1.90. The first kappa shape index (κ1) is 24.1. The number of amides is 2. The standard InChI is InChI=1S/C21H25N5O6S/c1-10-11(8-15(33-10)19(30)24-14(20(31)32)6-7-16(27)28)4-2-3-5-12-9-13-17(23-12)25-21(22)26-18(13)29/h8-9,13-14H,2-7H2,1H3,(H,24,30)(H,27,28)(H,31,32)(H3,22,23,25,26,29)/t13?,14-/m0/s1. The van der Waals surface area contributed by atoms with Crippen LogP contribution in [0.3, 0.4) is 0 Å². The smallest absolute Gasteiger partial charge is 0.326 e. The highest BCUT2D eigenvalue weighted by molar-refractivity contribution is 7.14. The fourth-order valence-electron chi connectivity index (χ4n) is 3.56. The molecular formula is C21H25N5O6S. The summed E-state index contributed by atoms with van der Waals surface area (Å²) in [5.74, 6) is -3.17. The third-order valence-electron chi connectivity index (χ3n) is 5.29. The third-order valence-corrected chi connectivity index (χ3v) is 6.38. The lowest BCUT2D eigenvalue weighted by Gasteiger charge is -2.14. The Bertz CT molecular complexity index is 1070. The van der Waals surface area contributed by atoms with Crippen LogP contribution in [0.5, 0.6) is 0 Å². The number of unbranched alkanes of at least 4 members (excludes halogenated alkanes) is 1. The summed E-state index contributed by atoms with van der Waals surface area (Å²) in [5.41, 5.74) is 7.35. The molecule has 0 fully saturated rings. The minimum Gasteiger partial charge on any atom is -0.481 e. The average Bonchev–Trinajstić information content (AvgIpc) is 3.31. The molecule has 1 aromatic rings. The predicted octanol–water partition coefficient (Wildman–Crippen LogP) is 1.17. The number of hydrogen-bond acceptors (Lipinski definition) is 8. The van der Waals surface area contributed by atoms with Crippen LogP contribution in [0.4, 0.5) is 0 Å². The van der Waals surface area contributed by atoms with Gasteiger partial charge in [0.15, 0.2) is 0 Å². The first-order valence-electron chi connectivity index (χ1n) is 10.4. The molecule has 12 heteroatoms. The number of guanidine groups is 1. The summed E-state index contributed by atoms with van der Waals surface area (Å²) in [6.07, 6.45) is 4.33. The molecule has 0 saturated heterocycles. The van der Waals surface area contributed by atoms with Crippen LogP contribution in [0.1, 0.15) is 52.2 Å². The minimum atomic E-state index is -1.27. The maximum Gasteiger partial charge on any atom is 0.326 e. The second kappa shape index (κ2) is 10.4. The van der Waals surface area contributed by atoms with E-state index < -0.39 is 29.8 Å². The van der Waals surface area contributed by atoms with E-state index in [1.165, 1.54) is 11.3 Å². The largest absolute Gasteiger partial charge is 0.481 e. The van der Waals surface area contributed by atoms with E-state index in [0.717, 1.165) is 35.4 Å². The van der Waals surface area contributed by atoms with Crippen molar-refractivity contribution in [1.29, 1.82) is 0 Å². The Labute approximate surface area is 193 Å². The maximum atomic E-state index is 12.5. The Morgan fingerprint density at radius 3 is 2.67 bits per heavy atom. The molecule has 2 aliphatic rings. The Morgan fingerprint density at radius 1 is 1.24 bits per heavy atom. The number of carboxylic acid groups (broad SMARTS) is 2. The highest BCUT2D eigenvalue weighted by Crippen LogP contribution is 2.26. The number of hydrogen-bond donors (Lipinski definition) is 5. The van der Waals surface area contributed by atoms with Gasteiger partial charge in [0.25, 0.3) is 5.91 Å². The van der Waals surface area contributed by atoms with Crippen LogP contribution in [0.2, 0.25) is 0 Å². The number of aliphatic imine (C=N–C) groups is 2. The number of thiophene rings is 1. The van der Waals surface area contributed by atoms with Crippen LogP contribution >= 0.6 is 11.3 Å². The molecule has 33 heavy (non-hydrogen) atoms. The molecule has 0 radical (unpaired) electrons. The molecule has 176 valence electrons. The number of nitrogens with two attached hydrogens (primary N) is 1. The van der Waals surface area contributed by atoms with Gasteiger partial charge in [-0.2, -0.15) is 4.99 Å². The first-order chi connectivity index (χ1) is 15.6. The fourth-order valence-corrected chi connectivity index (χ4v) is 4.53. The van der Waals surface area contributed by atoms with Crippen molar-refractivity contribution in [1.82, 2.24) is 10.6 Å². The molecule has 3 rings (SSSR count). The molecule has 3 heterocycles. The van der Waals surface area contributed by atoms with Crippen LogP contribution in [0.25, 0.3) is 0 Å². The minimum absolute atomic E-state index is 0.0500. The molecule has 11 nitrogen and oxygen atoms in total. The van der Waals surface area contributed by atoms with Gasteiger partial charge in [0.2, 0.25) is 11.9 Å². The molecular weight excluding hydrogens is 450 g/mol. The van der Waals surface area contributed by atoms with Gasteiger partial charge in [-0.3, -0.25) is 19.7 Å². The predicted molar refractivity (Wildman–Crippen MR) is 121 cm³/mol. The number of nitrogens with one attached hydrogen (secondary N) is 2. The van der Waals surface area contributed by atoms with E-state index in [2.05, 4.69) is 20.6 Å². The number of carboxylic acids is 2. The average molecular weight is 476 g/mol. The number of allylic oxidation sites excluding steroid dienone is 1. The van der Waals surface area contributed by atoms with Crippen molar-refractivity contribution in [2.24, 2.45) is 21.6 Å². The van der Waals surface area contributed by atoms with Crippen LogP contribution in [-0.4, -0.2) is 51.8 Å². The number of carbonyl (C=O) groups is 4. The van der Waals surface area contributed by atoms with Gasteiger partial charge in [-0.25, -0.2) is 9.79 Å². The van der Waals surface area contributed by atoms with E-state index >= 15 is 0 Å². The van der Waals surface area contributed by atoms with Gasteiger partial charge in [0.05, 0.1) is 4.88 Å². The van der Waals surface area contributed by atoms with E-state index in [0.29, 0.717) is 17.1 Å². The molecule has 2 amide bonds. The molecule has 2 atom stereocenters. The summed E-state index contributed by atoms with van der Waals surface area (Å²) in [7, 11) is 0. The van der Waals surface area contributed by atoms with E-state index in [1.807, 2.05) is 6.92 Å². The zero-order valence-corrected chi connectivity index (χ0v) is 18.8. The molecule has 0 aromatic carbocycles. The zero-order valence-electron chi connectivity index (χ0n) is 18.0. The quantitative estimate of drug-likeness (QED) is 0.297. The van der Waals surface area contributed by atoms with Gasteiger partial charge in [-0.15, -0.1) is 11.3 Å². The fraction of sp³-hybridized carbons (Fsp3) is 0.429. The van der Waals surface area contributed by atoms with E-state index in [-0.39, 0.29) is 24.7 Å². The second-order valence-electron chi connectivity index (χ2n) is 7.79. The lowest BCUT2D eigenvalue weighted by atomic mass is 10.0. The Kier molecular flexibility index (Phi) is 7.59. The van der Waals surface area contributed by atoms with Gasteiger partial charge < -0.3 is 21.3 Å². The van der Waals surface area contributed by atoms with Crippen molar-refractivity contribution in [3.8, 4) is 0 Å². The lowest BCUT2D eigenvalue weighted by molar-refractivity contribution is -0.140. The van der Waals surface area contributed by atoms with E-state index in [4.69, 9.17) is 10.8 Å². The number of aryl methyl sites for hydroxylation is 2. The van der Waals surface area contributed by atoms with E-state index in [9.17, 15) is 24.3 Å². The number of aliphatic carboxylic acids is 2. The molecule has 6 N–H and O–H groups in total. The van der Waals surface area contributed by atoms with Gasteiger partial charge >= 0.3 is 11.9 Å². The van der Waals surface area contributed by atoms with Crippen molar-refractivity contribution in [2.45, 2.75) is 51.5 Å². The molecule has 1 aromatic heterocycles. The second-order valence-corrected chi connectivity index (χ2v) is 9.04. The summed E-state index contributed by atoms with van der Waals surface area (Å²) >= 11 is 1.27. The first-order valence-corrected chi connectivity index (χ1v) is 11.2. The van der Waals surface area contributed by atoms with Crippen LogP contribution in [0.15, 0.2) is 27.8 Å². The Hall–Kier alpha value is -3.54. The topological polar surface area (TPSA) is 184 Å². The van der Waals surface area contributed by atoms with Gasteiger partial charge in [0, 0.05) is 17.0 Å². The van der Waals surface area contributed by atoms with Gasteiger partial charge in [0.1, 0.15) is 17.8 Å². The molecule has 0 aliphatic carbocycles. The monoisotopic (exact) mass is 475 g/mol. The number of nitrogens with zero attached hydrogens (tertiary/aromatic N) is 2. The SMILES string of the molecule is Cc1sc(C(=O)N[C@@H](CCC(=O)O)C(=O)O)cc1CCCCC1=CC2C(=O)NC(N)=NC2=N1. The summed E-state index contributed by atoms with van der Waals surface area (Å²) in [4.78, 5) is 56.2. The number of fused-ring (bicyclic) bond motifs is 1. The van der Waals surface area contributed by atoms with Crippen molar-refractivity contribution >= 4 is 46.9 Å². The van der Waals surface area contributed by atoms with Crippen LogP contribution in [0, 0.1) is 12.8 Å². The van der Waals surface area contributed by atoms with Crippen LogP contribution < -0.4 is 16.4 Å². The zero-order chi connectivity index (χ0) is 24.1. The van der Waals surface area contributed by atoms with Crippen molar-refractivity contribution in [2.75, 3.05) is 0 Å². The molecule has 0 bridgehead atoms.